The molecule has 2 aromatic rings. The van der Waals surface area contributed by atoms with Gasteiger partial charge in [0, 0.05) is 18.8 Å². The van der Waals surface area contributed by atoms with E-state index in [1.54, 1.807) is 24.4 Å². The molecule has 0 aliphatic carbocycles. The zero-order valence-corrected chi connectivity index (χ0v) is 12.8. The highest BCUT2D eigenvalue weighted by Crippen LogP contribution is 2.24. The quantitative estimate of drug-likeness (QED) is 0.856. The zero-order valence-electron chi connectivity index (χ0n) is 12.0. The number of hydrogen-bond acceptors (Lipinski definition) is 4. The Balaban J connectivity index is 1.73. The lowest BCUT2D eigenvalue weighted by Gasteiger charge is -2.17. The first kappa shape index (κ1) is 15.8. The van der Waals surface area contributed by atoms with Crippen molar-refractivity contribution < 1.29 is 21.9 Å². The Hall–Kier alpha value is -2.06. The summed E-state index contributed by atoms with van der Waals surface area (Å²) in [5, 5.41) is 0. The number of pyridine rings is 1. The van der Waals surface area contributed by atoms with Gasteiger partial charge in [-0.3, -0.25) is 0 Å². The van der Waals surface area contributed by atoms with E-state index in [1.807, 2.05) is 0 Å². The monoisotopic (exact) mass is 340 g/mol. The maximum absolute atomic E-state index is 13.3. The number of aromatic nitrogens is 1. The van der Waals surface area contributed by atoms with E-state index in [2.05, 4.69) is 4.98 Å². The van der Waals surface area contributed by atoms with Gasteiger partial charge in [-0.1, -0.05) is 6.07 Å². The van der Waals surface area contributed by atoms with Gasteiger partial charge in [0.15, 0.2) is 11.6 Å². The van der Waals surface area contributed by atoms with Crippen LogP contribution in [0.1, 0.15) is 6.42 Å². The fraction of sp³-hybridized carbons (Fsp3) is 0.267. The van der Waals surface area contributed by atoms with Crippen LogP contribution in [0.5, 0.6) is 5.88 Å². The SMILES string of the molecule is O=S(=O)(c1ccc(F)c(F)c1)N1CCC(Oc2ccccn2)C1. The molecule has 1 aliphatic rings. The molecule has 122 valence electrons. The van der Waals surface area contributed by atoms with Crippen molar-refractivity contribution in [2.45, 2.75) is 17.4 Å². The van der Waals surface area contributed by atoms with Crippen LogP contribution in [0, 0.1) is 11.6 Å². The van der Waals surface area contributed by atoms with E-state index in [9.17, 15) is 17.2 Å². The predicted octanol–water partition coefficient (Wildman–Crippen LogP) is 2.20. The maximum Gasteiger partial charge on any atom is 0.243 e. The van der Waals surface area contributed by atoms with E-state index in [0.29, 0.717) is 18.4 Å². The van der Waals surface area contributed by atoms with Crippen LogP contribution in [-0.4, -0.2) is 36.9 Å². The molecule has 1 atom stereocenters. The predicted molar refractivity (Wildman–Crippen MR) is 78.4 cm³/mol. The standard InChI is InChI=1S/C15H14F2N2O3S/c16-13-5-4-12(9-14(13)17)23(20,21)19-8-6-11(10-19)22-15-3-1-2-7-18-15/h1-5,7,9,11H,6,8,10H2. The van der Waals surface area contributed by atoms with E-state index in [1.165, 1.54) is 4.31 Å². The zero-order chi connectivity index (χ0) is 16.4. The van der Waals surface area contributed by atoms with Crippen molar-refractivity contribution in [2.24, 2.45) is 0 Å². The lowest BCUT2D eigenvalue weighted by Crippen LogP contribution is -2.31. The van der Waals surface area contributed by atoms with Gasteiger partial charge >= 0.3 is 0 Å². The molecule has 8 heteroatoms. The van der Waals surface area contributed by atoms with Gasteiger partial charge in [-0.2, -0.15) is 4.31 Å². The average molecular weight is 340 g/mol. The fourth-order valence-electron chi connectivity index (χ4n) is 2.39. The Bertz CT molecular complexity index is 800. The number of halogens is 2. The molecule has 5 nitrogen and oxygen atoms in total. The molecule has 23 heavy (non-hydrogen) atoms. The first-order valence-corrected chi connectivity index (χ1v) is 8.44. The summed E-state index contributed by atoms with van der Waals surface area (Å²) in [4.78, 5) is 3.76. The molecule has 3 rings (SSSR count). The Labute approximate surface area is 132 Å². The van der Waals surface area contributed by atoms with Gasteiger partial charge in [-0.25, -0.2) is 22.2 Å². The number of nitrogens with zero attached hydrogens (tertiary/aromatic N) is 2. The minimum absolute atomic E-state index is 0.137. The van der Waals surface area contributed by atoms with Gasteiger partial charge in [0.05, 0.1) is 11.4 Å². The van der Waals surface area contributed by atoms with Crippen LogP contribution in [0.25, 0.3) is 0 Å². The molecule has 0 spiro atoms. The van der Waals surface area contributed by atoms with Gasteiger partial charge in [-0.15, -0.1) is 0 Å². The molecule has 0 radical (unpaired) electrons. The lowest BCUT2D eigenvalue weighted by atomic mass is 10.3. The second kappa shape index (κ2) is 6.21. The highest BCUT2D eigenvalue weighted by molar-refractivity contribution is 7.89. The van der Waals surface area contributed by atoms with Crippen LogP contribution in [0.15, 0.2) is 47.5 Å². The normalized spacial score (nSPS) is 19.0. The highest BCUT2D eigenvalue weighted by atomic mass is 32.2. The van der Waals surface area contributed by atoms with Gasteiger partial charge in [0.1, 0.15) is 6.10 Å². The summed E-state index contributed by atoms with van der Waals surface area (Å²) in [6, 6.07) is 7.76. The number of hydrogen-bond donors (Lipinski definition) is 0. The summed E-state index contributed by atoms with van der Waals surface area (Å²) in [6.45, 7) is 0.386. The van der Waals surface area contributed by atoms with Crippen molar-refractivity contribution in [1.29, 1.82) is 0 Å². The second-order valence-corrected chi connectivity index (χ2v) is 7.07. The van der Waals surface area contributed by atoms with Crippen LogP contribution in [0.4, 0.5) is 8.78 Å². The molecule has 0 N–H and O–H groups in total. The molecule has 0 saturated carbocycles. The van der Waals surface area contributed by atoms with Crippen molar-refractivity contribution >= 4 is 10.0 Å². The summed E-state index contributed by atoms with van der Waals surface area (Å²) in [5.74, 6) is -1.85. The fourth-order valence-corrected chi connectivity index (χ4v) is 3.88. The molecule has 1 aromatic carbocycles. The Morgan fingerprint density at radius 1 is 1.17 bits per heavy atom. The highest BCUT2D eigenvalue weighted by Gasteiger charge is 2.34. The van der Waals surface area contributed by atoms with Crippen LogP contribution in [0.3, 0.4) is 0 Å². The molecule has 2 heterocycles. The smallest absolute Gasteiger partial charge is 0.243 e. The van der Waals surface area contributed by atoms with E-state index in [4.69, 9.17) is 4.74 Å². The average Bonchev–Trinajstić information content (AvgIpc) is 3.00. The van der Waals surface area contributed by atoms with Crippen molar-refractivity contribution in [1.82, 2.24) is 9.29 Å². The van der Waals surface area contributed by atoms with Crippen molar-refractivity contribution in [3.63, 3.8) is 0 Å². The first-order valence-electron chi connectivity index (χ1n) is 7.00. The molecule has 1 aromatic heterocycles. The maximum atomic E-state index is 13.3. The summed E-state index contributed by atoms with van der Waals surface area (Å²) in [6.07, 6.45) is 1.75. The molecular formula is C15H14F2N2O3S. The third kappa shape index (κ3) is 3.32. The van der Waals surface area contributed by atoms with E-state index in [0.717, 1.165) is 12.1 Å². The van der Waals surface area contributed by atoms with Crippen molar-refractivity contribution in [3.8, 4) is 5.88 Å². The van der Waals surface area contributed by atoms with Gasteiger partial charge in [-0.05, 0) is 30.7 Å². The molecule has 0 bridgehead atoms. The number of rotatable bonds is 4. The minimum Gasteiger partial charge on any atom is -0.473 e. The third-order valence-electron chi connectivity index (χ3n) is 3.56. The van der Waals surface area contributed by atoms with Crippen LogP contribution < -0.4 is 4.74 Å². The largest absolute Gasteiger partial charge is 0.473 e. The van der Waals surface area contributed by atoms with E-state index >= 15 is 0 Å². The Morgan fingerprint density at radius 2 is 2.00 bits per heavy atom. The minimum atomic E-state index is -3.88. The summed E-state index contributed by atoms with van der Waals surface area (Å²) < 4.78 is 58.0. The Kier molecular flexibility index (Phi) is 4.27. The number of ether oxygens (including phenoxy) is 1. The molecule has 1 saturated heterocycles. The molecular weight excluding hydrogens is 326 g/mol. The summed E-state index contributed by atoms with van der Waals surface area (Å²) in [7, 11) is -3.88. The first-order chi connectivity index (χ1) is 11.0. The third-order valence-corrected chi connectivity index (χ3v) is 5.42. The number of sulfonamides is 1. The molecule has 1 unspecified atom stereocenters. The topological polar surface area (TPSA) is 59.5 Å². The number of benzene rings is 1. The molecule has 0 amide bonds. The van der Waals surface area contributed by atoms with Gasteiger partial charge < -0.3 is 4.74 Å². The van der Waals surface area contributed by atoms with E-state index < -0.39 is 21.7 Å². The Morgan fingerprint density at radius 3 is 2.70 bits per heavy atom. The van der Waals surface area contributed by atoms with Crippen molar-refractivity contribution in [2.75, 3.05) is 13.1 Å². The van der Waals surface area contributed by atoms with Crippen molar-refractivity contribution in [3.05, 3.63) is 54.2 Å². The summed E-state index contributed by atoms with van der Waals surface area (Å²) >= 11 is 0. The van der Waals surface area contributed by atoms with Crippen LogP contribution >= 0.6 is 0 Å². The van der Waals surface area contributed by atoms with E-state index in [-0.39, 0.29) is 24.1 Å². The summed E-state index contributed by atoms with van der Waals surface area (Å²) in [5.41, 5.74) is 0. The lowest BCUT2D eigenvalue weighted by molar-refractivity contribution is 0.207. The molecule has 1 fully saturated rings. The van der Waals surface area contributed by atoms with Crippen LogP contribution in [-0.2, 0) is 10.0 Å². The van der Waals surface area contributed by atoms with Gasteiger partial charge in [0.2, 0.25) is 15.9 Å². The van der Waals surface area contributed by atoms with Crippen LogP contribution in [0.2, 0.25) is 0 Å². The molecule has 1 aliphatic heterocycles. The van der Waals surface area contributed by atoms with Gasteiger partial charge in [0.25, 0.3) is 0 Å². The second-order valence-electron chi connectivity index (χ2n) is 5.14.